The van der Waals surface area contributed by atoms with Crippen LogP contribution in [0, 0.1) is 13.8 Å². The summed E-state index contributed by atoms with van der Waals surface area (Å²) < 4.78 is 10.4. The van der Waals surface area contributed by atoms with Crippen molar-refractivity contribution in [3.8, 4) is 0 Å². The molecule has 0 aliphatic carbocycles. The number of hydrogen-bond acceptors (Lipinski definition) is 5. The van der Waals surface area contributed by atoms with Crippen LogP contribution in [-0.2, 0) is 9.53 Å². The third-order valence-electron chi connectivity index (χ3n) is 3.20. The van der Waals surface area contributed by atoms with E-state index in [0.29, 0.717) is 22.7 Å². The fraction of sp³-hybridized carbons (Fsp3) is 0.312. The zero-order valence-electron chi connectivity index (χ0n) is 13.0. The van der Waals surface area contributed by atoms with Gasteiger partial charge in [-0.25, -0.2) is 4.79 Å². The molecule has 0 saturated carbocycles. The summed E-state index contributed by atoms with van der Waals surface area (Å²) >= 11 is 0. The Morgan fingerprint density at radius 2 is 2.05 bits per heavy atom. The zero-order chi connectivity index (χ0) is 16.3. The molecule has 116 valence electrons. The van der Waals surface area contributed by atoms with Crippen LogP contribution < -0.4 is 5.32 Å². The monoisotopic (exact) mass is 302 g/mol. The Hall–Kier alpha value is -2.63. The maximum absolute atomic E-state index is 12.2. The van der Waals surface area contributed by atoms with Crippen LogP contribution in [-0.4, -0.2) is 17.0 Å². The molecule has 22 heavy (non-hydrogen) atoms. The molecular formula is C16H18N2O4. The first-order valence-electron chi connectivity index (χ1n) is 6.90. The number of aryl methyl sites for hydroxylation is 2. The van der Waals surface area contributed by atoms with Crippen molar-refractivity contribution in [2.75, 3.05) is 5.32 Å². The molecule has 0 radical (unpaired) electrons. The molecule has 0 saturated heterocycles. The standard InChI is InChI=1S/C16H18N2O4/c1-9-15(11(3)22-18-9)16(20)21-10(2)13-6-5-7-14(8-13)17-12(4)19/h5-8,10H,1-4H3,(H,17,19)/t10-/m0/s1. The van der Waals surface area contributed by atoms with Gasteiger partial charge in [-0.2, -0.15) is 0 Å². The van der Waals surface area contributed by atoms with E-state index in [1.54, 1.807) is 39.0 Å². The molecule has 0 aliphatic rings. The van der Waals surface area contributed by atoms with Gasteiger partial charge < -0.3 is 14.6 Å². The summed E-state index contributed by atoms with van der Waals surface area (Å²) in [6.07, 6.45) is -0.463. The van der Waals surface area contributed by atoms with Crippen molar-refractivity contribution in [1.29, 1.82) is 0 Å². The summed E-state index contributed by atoms with van der Waals surface area (Å²) in [5.74, 6) is -0.201. The average molecular weight is 302 g/mol. The smallest absolute Gasteiger partial charge is 0.344 e. The Labute approximate surface area is 128 Å². The molecule has 2 aromatic rings. The molecule has 6 heteroatoms. The molecule has 1 atom stereocenters. The van der Waals surface area contributed by atoms with Crippen molar-refractivity contribution < 1.29 is 18.8 Å². The Bertz CT molecular complexity index is 686. The number of nitrogens with one attached hydrogen (secondary N) is 1. The average Bonchev–Trinajstić information content (AvgIpc) is 2.77. The Balaban J connectivity index is 2.14. The molecule has 0 aliphatic heterocycles. The number of amides is 1. The first kappa shape index (κ1) is 15.8. The van der Waals surface area contributed by atoms with Gasteiger partial charge in [0.25, 0.3) is 0 Å². The van der Waals surface area contributed by atoms with Crippen LogP contribution in [0.3, 0.4) is 0 Å². The van der Waals surface area contributed by atoms with Crippen molar-refractivity contribution in [3.05, 3.63) is 46.8 Å². The summed E-state index contributed by atoms with van der Waals surface area (Å²) in [6.45, 7) is 6.56. The lowest BCUT2D eigenvalue weighted by Crippen LogP contribution is -2.11. The fourth-order valence-electron chi connectivity index (χ4n) is 2.13. The van der Waals surface area contributed by atoms with Gasteiger partial charge in [-0.1, -0.05) is 17.3 Å². The number of esters is 1. The Morgan fingerprint density at radius 3 is 2.64 bits per heavy atom. The van der Waals surface area contributed by atoms with Gasteiger partial charge in [-0.05, 0) is 38.5 Å². The molecular weight excluding hydrogens is 284 g/mol. The highest BCUT2D eigenvalue weighted by Gasteiger charge is 2.21. The third kappa shape index (κ3) is 3.52. The molecule has 6 nitrogen and oxygen atoms in total. The summed E-state index contributed by atoms with van der Waals surface area (Å²) in [5, 5.41) is 6.44. The second-order valence-electron chi connectivity index (χ2n) is 5.05. The maximum Gasteiger partial charge on any atom is 0.344 e. The fourth-order valence-corrected chi connectivity index (χ4v) is 2.13. The molecule has 0 unspecified atom stereocenters. The van der Waals surface area contributed by atoms with E-state index in [1.807, 2.05) is 6.07 Å². The minimum Gasteiger partial charge on any atom is -0.454 e. The Kier molecular flexibility index (Phi) is 4.60. The SMILES string of the molecule is CC(=O)Nc1cccc([C@H](C)OC(=O)c2c(C)noc2C)c1. The van der Waals surface area contributed by atoms with E-state index in [4.69, 9.17) is 9.26 Å². The largest absolute Gasteiger partial charge is 0.454 e. The van der Waals surface area contributed by atoms with Crippen molar-refractivity contribution in [2.45, 2.75) is 33.8 Å². The third-order valence-corrected chi connectivity index (χ3v) is 3.20. The summed E-state index contributed by atoms with van der Waals surface area (Å²) in [7, 11) is 0. The van der Waals surface area contributed by atoms with Crippen LogP contribution in [0.25, 0.3) is 0 Å². The van der Waals surface area contributed by atoms with Crippen molar-refractivity contribution in [1.82, 2.24) is 5.16 Å². The van der Waals surface area contributed by atoms with Gasteiger partial charge in [-0.15, -0.1) is 0 Å². The van der Waals surface area contributed by atoms with E-state index in [1.165, 1.54) is 6.92 Å². The normalized spacial score (nSPS) is 11.8. The van der Waals surface area contributed by atoms with Crippen LogP contribution in [0.4, 0.5) is 5.69 Å². The molecule has 1 N–H and O–H groups in total. The summed E-state index contributed by atoms with van der Waals surface area (Å²) in [4.78, 5) is 23.3. The number of nitrogens with zero attached hydrogens (tertiary/aromatic N) is 1. The molecule has 0 fully saturated rings. The van der Waals surface area contributed by atoms with Crippen LogP contribution in [0.2, 0.25) is 0 Å². The second kappa shape index (κ2) is 6.43. The number of aromatic nitrogens is 1. The van der Waals surface area contributed by atoms with E-state index in [-0.39, 0.29) is 5.91 Å². The van der Waals surface area contributed by atoms with Gasteiger partial charge >= 0.3 is 5.97 Å². The van der Waals surface area contributed by atoms with Crippen LogP contribution in [0.5, 0.6) is 0 Å². The van der Waals surface area contributed by atoms with Gasteiger partial charge in [-0.3, -0.25) is 4.79 Å². The molecule has 1 heterocycles. The molecule has 1 aromatic carbocycles. The number of rotatable bonds is 4. The minimum absolute atomic E-state index is 0.155. The first-order chi connectivity index (χ1) is 10.4. The number of hydrogen-bond donors (Lipinski definition) is 1. The van der Waals surface area contributed by atoms with Crippen molar-refractivity contribution in [3.63, 3.8) is 0 Å². The minimum atomic E-state index is -0.478. The van der Waals surface area contributed by atoms with Gasteiger partial charge in [0.05, 0.1) is 5.69 Å². The topological polar surface area (TPSA) is 81.4 Å². The number of anilines is 1. The van der Waals surface area contributed by atoms with Crippen molar-refractivity contribution >= 4 is 17.6 Å². The number of carbonyl (C=O) groups excluding carboxylic acids is 2. The van der Waals surface area contributed by atoms with E-state index in [0.717, 1.165) is 5.56 Å². The van der Waals surface area contributed by atoms with E-state index < -0.39 is 12.1 Å². The summed E-state index contributed by atoms with van der Waals surface area (Å²) in [5.41, 5.74) is 2.29. The van der Waals surface area contributed by atoms with Gasteiger partial charge in [0, 0.05) is 12.6 Å². The van der Waals surface area contributed by atoms with Gasteiger partial charge in [0.1, 0.15) is 17.4 Å². The lowest BCUT2D eigenvalue weighted by molar-refractivity contribution is -0.114. The summed E-state index contributed by atoms with van der Waals surface area (Å²) in [6, 6.07) is 7.16. The maximum atomic E-state index is 12.2. The highest BCUT2D eigenvalue weighted by Crippen LogP contribution is 2.23. The number of carbonyl (C=O) groups is 2. The van der Waals surface area contributed by atoms with E-state index >= 15 is 0 Å². The predicted octanol–water partition coefficient (Wildman–Crippen LogP) is 3.17. The Morgan fingerprint density at radius 1 is 1.32 bits per heavy atom. The predicted molar refractivity (Wildman–Crippen MR) is 80.6 cm³/mol. The van der Waals surface area contributed by atoms with E-state index in [9.17, 15) is 9.59 Å². The van der Waals surface area contributed by atoms with E-state index in [2.05, 4.69) is 10.5 Å². The van der Waals surface area contributed by atoms with Crippen molar-refractivity contribution in [2.24, 2.45) is 0 Å². The number of benzene rings is 1. The van der Waals surface area contributed by atoms with Crippen LogP contribution >= 0.6 is 0 Å². The lowest BCUT2D eigenvalue weighted by Gasteiger charge is -2.14. The van der Waals surface area contributed by atoms with Gasteiger partial charge in [0.15, 0.2) is 0 Å². The van der Waals surface area contributed by atoms with Gasteiger partial charge in [0.2, 0.25) is 5.91 Å². The highest BCUT2D eigenvalue weighted by molar-refractivity contribution is 5.91. The van der Waals surface area contributed by atoms with Crippen LogP contribution in [0.15, 0.2) is 28.8 Å². The molecule has 0 bridgehead atoms. The molecule has 0 spiro atoms. The zero-order valence-corrected chi connectivity index (χ0v) is 13.0. The second-order valence-corrected chi connectivity index (χ2v) is 5.05. The molecule has 1 amide bonds. The molecule has 1 aromatic heterocycles. The highest BCUT2D eigenvalue weighted by atomic mass is 16.5. The number of ether oxygens (including phenoxy) is 1. The lowest BCUT2D eigenvalue weighted by atomic mass is 10.1. The van der Waals surface area contributed by atoms with Crippen LogP contribution in [0.1, 0.15) is 47.3 Å². The first-order valence-corrected chi connectivity index (χ1v) is 6.90. The molecule has 2 rings (SSSR count). The quantitative estimate of drug-likeness (QED) is 0.877.